The molecule has 0 bridgehead atoms. The number of amides is 1. The first-order valence-corrected chi connectivity index (χ1v) is 8.20. The Balaban J connectivity index is 1.65. The Hall–Kier alpha value is -3.55. The van der Waals surface area contributed by atoms with Crippen molar-refractivity contribution < 1.29 is 22.7 Å². The number of hydrogen-bond acceptors (Lipinski definition) is 3. The number of halogens is 3. The number of rotatable bonds is 5. The number of hydrogen-bond donors (Lipinski definition) is 1. The molecule has 0 atom stereocenters. The normalized spacial score (nSPS) is 11.6. The molecule has 0 unspecified atom stereocenters. The van der Waals surface area contributed by atoms with Gasteiger partial charge in [-0.2, -0.15) is 18.3 Å². The molecular formula is C20H16F3N3O2. The van der Waals surface area contributed by atoms with Crippen LogP contribution in [0.3, 0.4) is 0 Å². The number of ether oxygens (including phenoxy) is 1. The van der Waals surface area contributed by atoms with Crippen molar-refractivity contribution in [2.24, 2.45) is 5.10 Å². The number of carbonyl (C=O) groups is 1. The first-order chi connectivity index (χ1) is 13.4. The minimum Gasteiger partial charge on any atom is -0.497 e. The molecule has 0 fully saturated rings. The minimum absolute atomic E-state index is 0.122. The third kappa shape index (κ3) is 4.59. The largest absolute Gasteiger partial charge is 0.497 e. The van der Waals surface area contributed by atoms with E-state index in [0.717, 1.165) is 23.6 Å². The van der Waals surface area contributed by atoms with Gasteiger partial charge >= 0.3 is 6.18 Å². The summed E-state index contributed by atoms with van der Waals surface area (Å²) in [5.41, 5.74) is 2.84. The van der Waals surface area contributed by atoms with E-state index in [9.17, 15) is 18.0 Å². The van der Waals surface area contributed by atoms with Crippen molar-refractivity contribution in [1.82, 2.24) is 9.99 Å². The Labute approximate surface area is 159 Å². The topological polar surface area (TPSA) is 55.6 Å². The van der Waals surface area contributed by atoms with Crippen molar-refractivity contribution in [3.05, 3.63) is 83.7 Å². The third-order valence-electron chi connectivity index (χ3n) is 3.92. The third-order valence-corrected chi connectivity index (χ3v) is 3.92. The maximum atomic E-state index is 12.7. The molecule has 0 saturated carbocycles. The van der Waals surface area contributed by atoms with Crippen molar-refractivity contribution in [3.63, 3.8) is 0 Å². The Morgan fingerprint density at radius 3 is 2.57 bits per heavy atom. The molecule has 3 aromatic rings. The number of carbonyl (C=O) groups excluding carboxylic acids is 1. The van der Waals surface area contributed by atoms with Gasteiger partial charge in [0.25, 0.3) is 5.91 Å². The Morgan fingerprint density at radius 1 is 1.14 bits per heavy atom. The SMILES string of the molecule is COc1ccc(-n2ccc(/C=N\NC(=O)c3cccc(C(F)(F)F)c3)c2)cc1. The lowest BCUT2D eigenvalue weighted by Crippen LogP contribution is -2.18. The van der Waals surface area contributed by atoms with Gasteiger partial charge in [-0.1, -0.05) is 6.07 Å². The van der Waals surface area contributed by atoms with Crippen LogP contribution >= 0.6 is 0 Å². The summed E-state index contributed by atoms with van der Waals surface area (Å²) in [5.74, 6) is 0.0203. The minimum atomic E-state index is -4.51. The van der Waals surface area contributed by atoms with Gasteiger partial charge in [-0.05, 0) is 48.5 Å². The molecule has 0 aliphatic carbocycles. The molecule has 0 aliphatic rings. The van der Waals surface area contributed by atoms with E-state index in [1.54, 1.807) is 19.4 Å². The maximum Gasteiger partial charge on any atom is 0.416 e. The van der Waals surface area contributed by atoms with Crippen LogP contribution in [0.15, 0.2) is 72.1 Å². The highest BCUT2D eigenvalue weighted by Crippen LogP contribution is 2.29. The van der Waals surface area contributed by atoms with Gasteiger partial charge in [-0.3, -0.25) is 4.79 Å². The van der Waals surface area contributed by atoms with Crippen molar-refractivity contribution in [2.75, 3.05) is 7.11 Å². The first kappa shape index (κ1) is 19.2. The molecule has 2 aromatic carbocycles. The molecule has 1 heterocycles. The second kappa shape index (κ2) is 7.99. The summed E-state index contributed by atoms with van der Waals surface area (Å²) < 4.78 is 45.1. The van der Waals surface area contributed by atoms with E-state index >= 15 is 0 Å². The molecule has 144 valence electrons. The van der Waals surface area contributed by atoms with E-state index in [-0.39, 0.29) is 5.56 Å². The van der Waals surface area contributed by atoms with E-state index in [1.165, 1.54) is 18.3 Å². The van der Waals surface area contributed by atoms with Crippen LogP contribution in [0.5, 0.6) is 5.75 Å². The van der Waals surface area contributed by atoms with Gasteiger partial charge in [0.1, 0.15) is 5.75 Å². The number of hydrazone groups is 1. The predicted octanol–water partition coefficient (Wildman–Crippen LogP) is 4.27. The Morgan fingerprint density at radius 2 is 1.89 bits per heavy atom. The fraction of sp³-hybridized carbons (Fsp3) is 0.100. The summed E-state index contributed by atoms with van der Waals surface area (Å²) in [6.45, 7) is 0. The zero-order chi connectivity index (χ0) is 20.1. The monoisotopic (exact) mass is 387 g/mol. The summed E-state index contributed by atoms with van der Waals surface area (Å²) in [5, 5.41) is 3.81. The number of benzene rings is 2. The van der Waals surface area contributed by atoms with Crippen molar-refractivity contribution in [1.29, 1.82) is 0 Å². The first-order valence-electron chi connectivity index (χ1n) is 8.20. The van der Waals surface area contributed by atoms with Gasteiger partial charge < -0.3 is 9.30 Å². The van der Waals surface area contributed by atoms with Crippen LogP contribution in [0.1, 0.15) is 21.5 Å². The summed E-state index contributed by atoms with van der Waals surface area (Å²) in [6, 6.07) is 13.4. The van der Waals surface area contributed by atoms with Gasteiger partial charge in [-0.15, -0.1) is 0 Å². The van der Waals surface area contributed by atoms with Crippen LogP contribution in [-0.4, -0.2) is 23.8 Å². The molecule has 1 aromatic heterocycles. The molecule has 0 spiro atoms. The number of alkyl halides is 3. The molecule has 0 aliphatic heterocycles. The van der Waals surface area contributed by atoms with Gasteiger partial charge in [-0.25, -0.2) is 5.43 Å². The predicted molar refractivity (Wildman–Crippen MR) is 98.8 cm³/mol. The van der Waals surface area contributed by atoms with Crippen LogP contribution in [0.4, 0.5) is 13.2 Å². The zero-order valence-electron chi connectivity index (χ0n) is 14.8. The number of aromatic nitrogens is 1. The van der Waals surface area contributed by atoms with E-state index in [0.29, 0.717) is 5.56 Å². The van der Waals surface area contributed by atoms with Crippen LogP contribution in [0.2, 0.25) is 0 Å². The molecular weight excluding hydrogens is 371 g/mol. The average molecular weight is 387 g/mol. The van der Waals surface area contributed by atoms with Crippen molar-refractivity contribution in [3.8, 4) is 11.4 Å². The maximum absolute atomic E-state index is 12.7. The van der Waals surface area contributed by atoms with Crippen molar-refractivity contribution in [2.45, 2.75) is 6.18 Å². The van der Waals surface area contributed by atoms with Gasteiger partial charge in [0.2, 0.25) is 0 Å². The lowest BCUT2D eigenvalue weighted by Gasteiger charge is -2.07. The average Bonchev–Trinajstić information content (AvgIpc) is 3.16. The number of methoxy groups -OCH3 is 1. The lowest BCUT2D eigenvalue weighted by atomic mass is 10.1. The second-order valence-corrected chi connectivity index (χ2v) is 5.83. The molecule has 3 rings (SSSR count). The molecule has 1 N–H and O–H groups in total. The molecule has 0 saturated heterocycles. The van der Waals surface area contributed by atoms with Crippen molar-refractivity contribution >= 4 is 12.1 Å². The van der Waals surface area contributed by atoms with E-state index in [1.807, 2.05) is 35.0 Å². The Kier molecular flexibility index (Phi) is 5.49. The summed E-state index contributed by atoms with van der Waals surface area (Å²) in [4.78, 5) is 12.0. The highest BCUT2D eigenvalue weighted by molar-refractivity contribution is 5.95. The zero-order valence-corrected chi connectivity index (χ0v) is 14.8. The molecule has 5 nitrogen and oxygen atoms in total. The van der Waals surface area contributed by atoms with Gasteiger partial charge in [0, 0.05) is 29.2 Å². The molecule has 0 radical (unpaired) electrons. The number of nitrogens with zero attached hydrogens (tertiary/aromatic N) is 2. The van der Waals surface area contributed by atoms with E-state index < -0.39 is 17.6 Å². The van der Waals surface area contributed by atoms with Crippen LogP contribution in [0.25, 0.3) is 5.69 Å². The van der Waals surface area contributed by atoms with E-state index in [2.05, 4.69) is 10.5 Å². The molecule has 28 heavy (non-hydrogen) atoms. The molecule has 8 heteroatoms. The van der Waals surface area contributed by atoms with Crippen LogP contribution in [0, 0.1) is 0 Å². The summed E-state index contributed by atoms with van der Waals surface area (Å²) in [6.07, 6.45) is 0.509. The van der Waals surface area contributed by atoms with Crippen LogP contribution < -0.4 is 10.2 Å². The van der Waals surface area contributed by atoms with Gasteiger partial charge in [0.15, 0.2) is 0 Å². The second-order valence-electron chi connectivity index (χ2n) is 5.83. The fourth-order valence-electron chi connectivity index (χ4n) is 2.47. The Bertz CT molecular complexity index is 992. The van der Waals surface area contributed by atoms with E-state index in [4.69, 9.17) is 4.74 Å². The summed E-state index contributed by atoms with van der Waals surface area (Å²) >= 11 is 0. The number of nitrogens with one attached hydrogen (secondary N) is 1. The molecule has 1 amide bonds. The van der Waals surface area contributed by atoms with Crippen LogP contribution in [-0.2, 0) is 6.18 Å². The smallest absolute Gasteiger partial charge is 0.416 e. The fourth-order valence-corrected chi connectivity index (χ4v) is 2.47. The standard InChI is InChI=1S/C20H16F3N3O2/c1-28-18-7-5-17(6-8-18)26-10-9-14(13-26)12-24-25-19(27)15-3-2-4-16(11-15)20(21,22)23/h2-13H,1H3,(H,25,27)/b24-12-. The highest BCUT2D eigenvalue weighted by atomic mass is 19.4. The quantitative estimate of drug-likeness (QED) is 0.525. The lowest BCUT2D eigenvalue weighted by molar-refractivity contribution is -0.137. The van der Waals surface area contributed by atoms with Gasteiger partial charge in [0.05, 0.1) is 18.9 Å². The summed E-state index contributed by atoms with van der Waals surface area (Å²) in [7, 11) is 1.59. The highest BCUT2D eigenvalue weighted by Gasteiger charge is 2.30.